The van der Waals surface area contributed by atoms with Gasteiger partial charge in [-0.2, -0.15) is 13.9 Å². The van der Waals surface area contributed by atoms with Gasteiger partial charge in [0.25, 0.3) is 5.92 Å². The van der Waals surface area contributed by atoms with Crippen LogP contribution in [0.25, 0.3) is 0 Å². The Kier molecular flexibility index (Phi) is 4.75. The highest BCUT2D eigenvalue weighted by molar-refractivity contribution is 5.69. The Bertz CT molecular complexity index is 697. The summed E-state index contributed by atoms with van der Waals surface area (Å²) in [5.74, 6) is -3.26. The maximum Gasteiger partial charge on any atom is 0.410 e. The van der Waals surface area contributed by atoms with Crippen molar-refractivity contribution in [2.45, 2.75) is 77.6 Å². The van der Waals surface area contributed by atoms with Crippen molar-refractivity contribution in [3.63, 3.8) is 0 Å². The van der Waals surface area contributed by atoms with E-state index < -0.39 is 17.6 Å². The molecule has 146 valence electrons. The monoisotopic (exact) mass is 371 g/mol. The highest BCUT2D eigenvalue weighted by Crippen LogP contribution is 2.42. The van der Waals surface area contributed by atoms with Crippen molar-refractivity contribution >= 4 is 6.09 Å². The molecular formula is C18H27F2N3O3. The van der Waals surface area contributed by atoms with Gasteiger partial charge in [-0.05, 0) is 34.1 Å². The van der Waals surface area contributed by atoms with Gasteiger partial charge in [0.05, 0.1) is 12.2 Å². The molecule has 2 aliphatic heterocycles. The zero-order valence-electron chi connectivity index (χ0n) is 15.8. The van der Waals surface area contributed by atoms with Crippen molar-refractivity contribution in [1.82, 2.24) is 14.7 Å². The number of aromatic nitrogens is 2. The molecule has 26 heavy (non-hydrogen) atoms. The van der Waals surface area contributed by atoms with E-state index >= 15 is 0 Å². The van der Waals surface area contributed by atoms with E-state index in [1.165, 1.54) is 9.58 Å². The highest BCUT2D eigenvalue weighted by Gasteiger charge is 2.45. The number of ether oxygens (including phenoxy) is 1. The number of hydrogen-bond acceptors (Lipinski definition) is 4. The van der Waals surface area contributed by atoms with Crippen LogP contribution >= 0.6 is 0 Å². The van der Waals surface area contributed by atoms with Crippen LogP contribution < -0.4 is 0 Å². The van der Waals surface area contributed by atoms with E-state index in [0.717, 1.165) is 0 Å². The fraction of sp³-hybridized carbons (Fsp3) is 0.778. The van der Waals surface area contributed by atoms with Crippen molar-refractivity contribution in [3.8, 4) is 0 Å². The van der Waals surface area contributed by atoms with E-state index in [4.69, 9.17) is 4.74 Å². The number of fused-ring (bicyclic) bond motifs is 3. The Morgan fingerprint density at radius 2 is 2.12 bits per heavy atom. The molecule has 1 N–H and O–H groups in total. The molecule has 3 rings (SSSR count). The summed E-state index contributed by atoms with van der Waals surface area (Å²) < 4.78 is 36.4. The smallest absolute Gasteiger partial charge is 0.410 e. The van der Waals surface area contributed by atoms with Crippen LogP contribution in [0.1, 0.15) is 57.5 Å². The van der Waals surface area contributed by atoms with E-state index in [-0.39, 0.29) is 50.2 Å². The van der Waals surface area contributed by atoms with E-state index in [0.29, 0.717) is 17.7 Å². The average molecular weight is 371 g/mol. The Hall–Kier alpha value is -1.70. The highest BCUT2D eigenvalue weighted by atomic mass is 19.3. The molecule has 2 atom stereocenters. The molecule has 1 amide bonds. The normalized spacial score (nSPS) is 25.3. The summed E-state index contributed by atoms with van der Waals surface area (Å²) in [6.45, 7) is 7.40. The molecule has 0 saturated heterocycles. The number of rotatable bonds is 1. The minimum atomic E-state index is -3.02. The quantitative estimate of drug-likeness (QED) is 0.824. The van der Waals surface area contributed by atoms with Crippen molar-refractivity contribution in [2.24, 2.45) is 5.92 Å². The topological polar surface area (TPSA) is 67.6 Å². The van der Waals surface area contributed by atoms with E-state index in [2.05, 4.69) is 5.10 Å². The number of hydrogen-bond donors (Lipinski definition) is 1. The van der Waals surface area contributed by atoms with E-state index in [1.807, 2.05) is 6.92 Å². The number of carbonyl (C=O) groups excluding carboxylic acids is 1. The van der Waals surface area contributed by atoms with Gasteiger partial charge in [-0.25, -0.2) is 4.79 Å². The van der Waals surface area contributed by atoms with Crippen LogP contribution in [0.4, 0.5) is 13.6 Å². The van der Waals surface area contributed by atoms with Gasteiger partial charge in [0.1, 0.15) is 11.3 Å². The largest absolute Gasteiger partial charge is 0.444 e. The number of alkyl halides is 2. The molecule has 1 aromatic rings. The Labute approximate surface area is 152 Å². The van der Waals surface area contributed by atoms with Gasteiger partial charge in [-0.3, -0.25) is 4.68 Å². The molecule has 0 aliphatic carbocycles. The predicted octanol–water partition coefficient (Wildman–Crippen LogP) is 3.06. The first kappa shape index (κ1) is 19.1. The fourth-order valence-electron chi connectivity index (χ4n) is 3.69. The van der Waals surface area contributed by atoms with E-state index in [9.17, 15) is 18.7 Å². The number of amides is 1. The second kappa shape index (κ2) is 6.48. The number of aliphatic hydroxyl groups excluding tert-OH is 1. The van der Waals surface area contributed by atoms with Gasteiger partial charge in [-0.15, -0.1) is 0 Å². The van der Waals surface area contributed by atoms with Gasteiger partial charge in [0.15, 0.2) is 0 Å². The first-order valence-corrected chi connectivity index (χ1v) is 9.09. The molecule has 6 nitrogen and oxygen atoms in total. The minimum absolute atomic E-state index is 0.0696. The SMILES string of the molecule is C[C@@H]1Cc2nn3c(c2CN1C(=O)OC(C)(C)C)C(F)(F)CC[C@H](CO)C3. The molecule has 8 heteroatoms. The lowest BCUT2D eigenvalue weighted by atomic mass is 9.96. The molecule has 1 aromatic heterocycles. The lowest BCUT2D eigenvalue weighted by Crippen LogP contribution is -2.45. The standard InChI is InChI=1S/C18H27F2N3O3/c1-11-7-14-13(9-22(11)16(25)26-17(2,3)4)15-18(19,20)6-5-12(10-24)8-23(15)21-14/h11-12,24H,5-10H2,1-4H3/t11-,12+/m1/s1. The summed E-state index contributed by atoms with van der Waals surface area (Å²) >= 11 is 0. The third-order valence-corrected chi connectivity index (χ3v) is 5.01. The number of aliphatic hydroxyl groups is 1. The van der Waals surface area contributed by atoms with Gasteiger partial charge >= 0.3 is 6.09 Å². The van der Waals surface area contributed by atoms with Crippen molar-refractivity contribution in [1.29, 1.82) is 0 Å². The lowest BCUT2D eigenvalue weighted by Gasteiger charge is -2.35. The molecule has 0 radical (unpaired) electrons. The average Bonchev–Trinajstić information content (AvgIpc) is 2.79. The van der Waals surface area contributed by atoms with Crippen molar-refractivity contribution < 1.29 is 23.4 Å². The number of carbonyl (C=O) groups is 1. The van der Waals surface area contributed by atoms with Gasteiger partial charge in [-0.1, -0.05) is 0 Å². The van der Waals surface area contributed by atoms with Crippen LogP contribution in [0.2, 0.25) is 0 Å². The summed E-state index contributed by atoms with van der Waals surface area (Å²) in [5.41, 5.74) is 0.290. The minimum Gasteiger partial charge on any atom is -0.444 e. The first-order valence-electron chi connectivity index (χ1n) is 9.09. The zero-order valence-corrected chi connectivity index (χ0v) is 15.8. The zero-order chi connectivity index (χ0) is 19.3. The van der Waals surface area contributed by atoms with Gasteiger partial charge < -0.3 is 14.7 Å². The fourth-order valence-corrected chi connectivity index (χ4v) is 3.69. The van der Waals surface area contributed by atoms with Crippen LogP contribution in [0.3, 0.4) is 0 Å². The summed E-state index contributed by atoms with van der Waals surface area (Å²) in [6.07, 6.45) is -0.165. The third-order valence-electron chi connectivity index (χ3n) is 5.01. The van der Waals surface area contributed by atoms with Crippen molar-refractivity contribution in [3.05, 3.63) is 17.0 Å². The van der Waals surface area contributed by atoms with E-state index in [1.54, 1.807) is 20.8 Å². The van der Waals surface area contributed by atoms with Gasteiger partial charge in [0.2, 0.25) is 0 Å². The first-order chi connectivity index (χ1) is 12.0. The molecular weight excluding hydrogens is 344 g/mol. The van der Waals surface area contributed by atoms with Gasteiger partial charge in [0, 0.05) is 43.5 Å². The number of nitrogens with zero attached hydrogens (tertiary/aromatic N) is 3. The Morgan fingerprint density at radius 1 is 1.42 bits per heavy atom. The summed E-state index contributed by atoms with van der Waals surface area (Å²) in [7, 11) is 0. The second-order valence-corrected chi connectivity index (χ2v) is 8.41. The Morgan fingerprint density at radius 3 is 2.73 bits per heavy atom. The Balaban J connectivity index is 1.95. The molecule has 0 bridgehead atoms. The molecule has 2 aliphatic rings. The van der Waals surface area contributed by atoms with Crippen LogP contribution in [-0.4, -0.2) is 44.1 Å². The molecule has 0 aromatic carbocycles. The molecule has 0 saturated carbocycles. The second-order valence-electron chi connectivity index (χ2n) is 8.41. The maximum atomic E-state index is 14.8. The lowest BCUT2D eigenvalue weighted by molar-refractivity contribution is -0.0238. The van der Waals surface area contributed by atoms with Crippen LogP contribution in [0.15, 0.2) is 0 Å². The third kappa shape index (κ3) is 3.56. The molecule has 0 unspecified atom stereocenters. The predicted molar refractivity (Wildman–Crippen MR) is 90.9 cm³/mol. The van der Waals surface area contributed by atoms with Crippen molar-refractivity contribution in [2.75, 3.05) is 6.61 Å². The molecule has 3 heterocycles. The summed E-state index contributed by atoms with van der Waals surface area (Å²) in [5, 5.41) is 13.8. The summed E-state index contributed by atoms with van der Waals surface area (Å²) in [4.78, 5) is 14.0. The summed E-state index contributed by atoms with van der Waals surface area (Å²) in [6, 6.07) is -0.182. The van der Waals surface area contributed by atoms with Crippen LogP contribution in [0.5, 0.6) is 0 Å². The maximum absolute atomic E-state index is 14.8. The van der Waals surface area contributed by atoms with Crippen LogP contribution in [-0.2, 0) is 30.2 Å². The molecule has 0 fully saturated rings. The van der Waals surface area contributed by atoms with Crippen LogP contribution in [0, 0.1) is 5.92 Å². The number of halogens is 2. The molecule has 0 spiro atoms.